The molecule has 35 heavy (non-hydrogen) atoms. The standard InChI is InChI=1S/C29H30ClN3O2/c1-21(2)33(29(35)23-12-14-25(30)15-13-23)20-28(34)32(19-22-8-4-3-5-9-22)17-16-24-18-31-27-11-7-6-10-26(24)27/h3-15,18,21,31H,16-17,19-20H2,1-2H3. The highest BCUT2D eigenvalue weighted by Gasteiger charge is 2.25. The smallest absolute Gasteiger partial charge is 0.254 e. The fraction of sp³-hybridized carbons (Fsp3) is 0.241. The molecule has 0 bridgehead atoms. The lowest BCUT2D eigenvalue weighted by Crippen LogP contribution is -2.46. The van der Waals surface area contributed by atoms with Gasteiger partial charge in [-0.25, -0.2) is 0 Å². The monoisotopic (exact) mass is 487 g/mol. The van der Waals surface area contributed by atoms with E-state index in [-0.39, 0.29) is 24.4 Å². The number of fused-ring (bicyclic) bond motifs is 1. The number of amides is 2. The molecule has 1 N–H and O–H groups in total. The van der Waals surface area contributed by atoms with E-state index in [9.17, 15) is 9.59 Å². The van der Waals surface area contributed by atoms with Gasteiger partial charge in [0.15, 0.2) is 0 Å². The van der Waals surface area contributed by atoms with Gasteiger partial charge in [0, 0.05) is 46.8 Å². The van der Waals surface area contributed by atoms with E-state index in [4.69, 9.17) is 11.6 Å². The fourth-order valence-electron chi connectivity index (χ4n) is 4.18. The summed E-state index contributed by atoms with van der Waals surface area (Å²) >= 11 is 5.99. The van der Waals surface area contributed by atoms with Gasteiger partial charge in [-0.05, 0) is 61.7 Å². The molecule has 0 fully saturated rings. The molecule has 2 amide bonds. The Kier molecular flexibility index (Phi) is 7.88. The Morgan fingerprint density at radius 3 is 2.31 bits per heavy atom. The molecule has 5 nitrogen and oxygen atoms in total. The number of para-hydroxylation sites is 1. The third-order valence-corrected chi connectivity index (χ3v) is 6.43. The number of carbonyl (C=O) groups excluding carboxylic acids is 2. The van der Waals surface area contributed by atoms with E-state index in [1.807, 2.05) is 67.4 Å². The first-order valence-corrected chi connectivity index (χ1v) is 12.2. The zero-order valence-corrected chi connectivity index (χ0v) is 20.8. The lowest BCUT2D eigenvalue weighted by molar-refractivity contribution is -0.132. The van der Waals surface area contributed by atoms with Crippen LogP contribution >= 0.6 is 11.6 Å². The molecule has 6 heteroatoms. The van der Waals surface area contributed by atoms with Crippen molar-refractivity contribution in [3.63, 3.8) is 0 Å². The van der Waals surface area contributed by atoms with Gasteiger partial charge in [-0.2, -0.15) is 0 Å². The molecule has 0 aliphatic rings. The maximum Gasteiger partial charge on any atom is 0.254 e. The summed E-state index contributed by atoms with van der Waals surface area (Å²) in [4.78, 5) is 33.6. The van der Waals surface area contributed by atoms with E-state index in [1.165, 1.54) is 10.9 Å². The Morgan fingerprint density at radius 1 is 0.914 bits per heavy atom. The highest BCUT2D eigenvalue weighted by Crippen LogP contribution is 2.19. The van der Waals surface area contributed by atoms with E-state index in [2.05, 4.69) is 17.1 Å². The Labute approximate surface area is 211 Å². The van der Waals surface area contributed by atoms with Crippen LogP contribution in [0.25, 0.3) is 10.9 Å². The first-order valence-electron chi connectivity index (χ1n) is 11.9. The van der Waals surface area contributed by atoms with Gasteiger partial charge in [0.25, 0.3) is 5.91 Å². The number of aromatic nitrogens is 1. The molecule has 0 spiro atoms. The van der Waals surface area contributed by atoms with E-state index in [1.54, 1.807) is 29.2 Å². The van der Waals surface area contributed by atoms with Crippen LogP contribution in [0.5, 0.6) is 0 Å². The largest absolute Gasteiger partial charge is 0.361 e. The van der Waals surface area contributed by atoms with Crippen molar-refractivity contribution in [1.82, 2.24) is 14.8 Å². The average Bonchev–Trinajstić information content (AvgIpc) is 3.28. The molecule has 0 radical (unpaired) electrons. The molecule has 1 heterocycles. The van der Waals surface area contributed by atoms with Crippen LogP contribution in [0.3, 0.4) is 0 Å². The second-order valence-electron chi connectivity index (χ2n) is 8.94. The zero-order valence-electron chi connectivity index (χ0n) is 20.1. The number of H-pyrrole nitrogens is 1. The topological polar surface area (TPSA) is 56.4 Å². The SMILES string of the molecule is CC(C)N(CC(=O)N(CCc1c[nH]c2ccccc12)Cc1ccccc1)C(=O)c1ccc(Cl)cc1. The van der Waals surface area contributed by atoms with Crippen molar-refractivity contribution < 1.29 is 9.59 Å². The summed E-state index contributed by atoms with van der Waals surface area (Å²) < 4.78 is 0. The van der Waals surface area contributed by atoms with Gasteiger partial charge in [-0.15, -0.1) is 0 Å². The lowest BCUT2D eigenvalue weighted by Gasteiger charge is -2.30. The van der Waals surface area contributed by atoms with Crippen molar-refractivity contribution in [2.75, 3.05) is 13.1 Å². The molecule has 180 valence electrons. The number of halogens is 1. The van der Waals surface area contributed by atoms with Crippen LogP contribution in [0, 0.1) is 0 Å². The number of rotatable bonds is 9. The predicted molar refractivity (Wildman–Crippen MR) is 141 cm³/mol. The summed E-state index contributed by atoms with van der Waals surface area (Å²) in [5, 5.41) is 1.74. The fourth-order valence-corrected chi connectivity index (χ4v) is 4.31. The minimum absolute atomic E-state index is 0.0137. The molecule has 0 unspecified atom stereocenters. The molecule has 0 saturated heterocycles. The Morgan fingerprint density at radius 2 is 1.60 bits per heavy atom. The van der Waals surface area contributed by atoms with Gasteiger partial charge in [-0.1, -0.05) is 60.1 Å². The minimum atomic E-state index is -0.179. The molecule has 0 aliphatic carbocycles. The van der Waals surface area contributed by atoms with Crippen LogP contribution in [-0.2, 0) is 17.8 Å². The van der Waals surface area contributed by atoms with Gasteiger partial charge < -0.3 is 14.8 Å². The number of hydrogen-bond acceptors (Lipinski definition) is 2. The van der Waals surface area contributed by atoms with Crippen molar-refractivity contribution in [3.05, 3.63) is 107 Å². The maximum absolute atomic E-state index is 13.6. The van der Waals surface area contributed by atoms with Crippen molar-refractivity contribution in [2.24, 2.45) is 0 Å². The lowest BCUT2D eigenvalue weighted by atomic mass is 10.1. The molecule has 3 aromatic carbocycles. The minimum Gasteiger partial charge on any atom is -0.361 e. The van der Waals surface area contributed by atoms with Crippen molar-refractivity contribution >= 4 is 34.3 Å². The molecule has 0 atom stereocenters. The normalized spacial score (nSPS) is 11.1. The third kappa shape index (κ3) is 6.11. The van der Waals surface area contributed by atoms with Crippen LogP contribution in [0.1, 0.15) is 35.3 Å². The second kappa shape index (κ2) is 11.2. The highest BCUT2D eigenvalue weighted by atomic mass is 35.5. The van der Waals surface area contributed by atoms with Crippen LogP contribution < -0.4 is 0 Å². The maximum atomic E-state index is 13.6. The number of nitrogens with zero attached hydrogens (tertiary/aromatic N) is 2. The predicted octanol–water partition coefficient (Wildman–Crippen LogP) is 5.94. The molecular formula is C29H30ClN3O2. The number of aromatic amines is 1. The molecule has 4 aromatic rings. The molecule has 1 aromatic heterocycles. The first-order chi connectivity index (χ1) is 16.9. The number of hydrogen-bond donors (Lipinski definition) is 1. The van der Waals surface area contributed by atoms with E-state index in [0.29, 0.717) is 23.7 Å². The summed E-state index contributed by atoms with van der Waals surface area (Å²) in [6, 6.07) is 24.8. The van der Waals surface area contributed by atoms with E-state index in [0.717, 1.165) is 17.5 Å². The molecule has 4 rings (SSSR count). The summed E-state index contributed by atoms with van der Waals surface area (Å²) in [5.41, 5.74) is 3.83. The van der Waals surface area contributed by atoms with E-state index >= 15 is 0 Å². The van der Waals surface area contributed by atoms with Crippen LogP contribution in [-0.4, -0.2) is 45.7 Å². The Bertz CT molecular complexity index is 1280. The average molecular weight is 488 g/mol. The molecule has 0 aliphatic heterocycles. The van der Waals surface area contributed by atoms with Crippen LogP contribution in [0.4, 0.5) is 0 Å². The first kappa shape index (κ1) is 24.6. The van der Waals surface area contributed by atoms with Crippen molar-refractivity contribution in [3.8, 4) is 0 Å². The third-order valence-electron chi connectivity index (χ3n) is 6.18. The quantitative estimate of drug-likeness (QED) is 0.317. The second-order valence-corrected chi connectivity index (χ2v) is 9.38. The van der Waals surface area contributed by atoms with Gasteiger partial charge in [0.2, 0.25) is 5.91 Å². The number of nitrogens with one attached hydrogen (secondary N) is 1. The molecule has 0 saturated carbocycles. The summed E-state index contributed by atoms with van der Waals surface area (Å²) in [5.74, 6) is -0.258. The van der Waals surface area contributed by atoms with Crippen molar-refractivity contribution in [1.29, 1.82) is 0 Å². The van der Waals surface area contributed by atoms with Crippen molar-refractivity contribution in [2.45, 2.75) is 32.9 Å². The Hall–Kier alpha value is -3.57. The van der Waals surface area contributed by atoms with Gasteiger partial charge in [0.05, 0.1) is 0 Å². The number of carbonyl (C=O) groups is 2. The van der Waals surface area contributed by atoms with Gasteiger partial charge in [-0.3, -0.25) is 9.59 Å². The van der Waals surface area contributed by atoms with Crippen LogP contribution in [0.15, 0.2) is 85.1 Å². The summed E-state index contributed by atoms with van der Waals surface area (Å²) in [6.45, 7) is 4.91. The van der Waals surface area contributed by atoms with Gasteiger partial charge >= 0.3 is 0 Å². The summed E-state index contributed by atoms with van der Waals surface area (Å²) in [6.07, 6.45) is 2.73. The Balaban J connectivity index is 1.53. The van der Waals surface area contributed by atoms with Gasteiger partial charge in [0.1, 0.15) is 6.54 Å². The molecular weight excluding hydrogens is 458 g/mol. The summed E-state index contributed by atoms with van der Waals surface area (Å²) in [7, 11) is 0. The highest BCUT2D eigenvalue weighted by molar-refractivity contribution is 6.30. The van der Waals surface area contributed by atoms with Crippen LogP contribution in [0.2, 0.25) is 5.02 Å². The zero-order chi connectivity index (χ0) is 24.8. The number of benzene rings is 3. The van der Waals surface area contributed by atoms with E-state index < -0.39 is 0 Å².